The van der Waals surface area contributed by atoms with Crippen LogP contribution in [0, 0.1) is 13.8 Å². The Morgan fingerprint density at radius 2 is 1.94 bits per heavy atom. The number of carbonyl (C=O) groups is 2. The van der Waals surface area contributed by atoms with Crippen molar-refractivity contribution >= 4 is 27.5 Å². The average molecular weight is 460 g/mol. The normalized spacial score (nSPS) is 16.0. The standard InChI is InChI=1S/C23H29N3O5S/c1-16-9-10-17(2)21(12-16)25-22(27)15-26(3)23(28)18-6-4-8-20(13-18)32(29,30)24-14-19-7-5-11-31-19/h4,6,8-10,12-13,19,24H,5,7,11,14-15H2,1-3H3,(H,25,27)/t19-/m0/s1. The largest absolute Gasteiger partial charge is 0.377 e. The zero-order chi connectivity index (χ0) is 23.3. The molecular weight excluding hydrogens is 430 g/mol. The topological polar surface area (TPSA) is 105 Å². The lowest BCUT2D eigenvalue weighted by Gasteiger charge is -2.18. The monoisotopic (exact) mass is 459 g/mol. The van der Waals surface area contributed by atoms with Gasteiger partial charge < -0.3 is 15.0 Å². The average Bonchev–Trinajstić information content (AvgIpc) is 3.28. The van der Waals surface area contributed by atoms with Gasteiger partial charge in [0.25, 0.3) is 5.91 Å². The molecule has 1 atom stereocenters. The van der Waals surface area contributed by atoms with Gasteiger partial charge in [-0.05, 0) is 62.1 Å². The molecule has 0 bridgehead atoms. The van der Waals surface area contributed by atoms with Gasteiger partial charge in [-0.25, -0.2) is 13.1 Å². The molecular formula is C23H29N3O5S. The van der Waals surface area contributed by atoms with Crippen LogP contribution in [0.1, 0.15) is 34.3 Å². The summed E-state index contributed by atoms with van der Waals surface area (Å²) in [5.41, 5.74) is 2.82. The summed E-state index contributed by atoms with van der Waals surface area (Å²) in [5, 5.41) is 2.82. The molecule has 2 N–H and O–H groups in total. The number of sulfonamides is 1. The van der Waals surface area contributed by atoms with Crippen LogP contribution in [0.2, 0.25) is 0 Å². The lowest BCUT2D eigenvalue weighted by molar-refractivity contribution is -0.116. The number of carbonyl (C=O) groups excluding carboxylic acids is 2. The van der Waals surface area contributed by atoms with Crippen LogP contribution in [0.4, 0.5) is 5.69 Å². The number of nitrogens with one attached hydrogen (secondary N) is 2. The predicted octanol–water partition coefficient (Wildman–Crippen LogP) is 2.47. The molecule has 1 aliphatic heterocycles. The number of nitrogens with zero attached hydrogens (tertiary/aromatic N) is 1. The van der Waals surface area contributed by atoms with Crippen molar-refractivity contribution < 1.29 is 22.7 Å². The van der Waals surface area contributed by atoms with Gasteiger partial charge in [-0.2, -0.15) is 0 Å². The smallest absolute Gasteiger partial charge is 0.254 e. The number of rotatable bonds is 8. The molecule has 0 aliphatic carbocycles. The Labute approximate surface area is 189 Å². The third-order valence-corrected chi connectivity index (χ3v) is 6.73. The Morgan fingerprint density at radius 3 is 2.66 bits per heavy atom. The first kappa shape index (κ1) is 23.9. The second kappa shape index (κ2) is 10.2. The van der Waals surface area contributed by atoms with E-state index in [1.165, 1.54) is 36.2 Å². The van der Waals surface area contributed by atoms with E-state index in [0.29, 0.717) is 12.3 Å². The Kier molecular flexibility index (Phi) is 7.65. The molecule has 1 aliphatic rings. The molecule has 1 saturated heterocycles. The predicted molar refractivity (Wildman–Crippen MR) is 122 cm³/mol. The van der Waals surface area contributed by atoms with Gasteiger partial charge in [-0.3, -0.25) is 9.59 Å². The highest BCUT2D eigenvalue weighted by atomic mass is 32.2. The number of amides is 2. The zero-order valence-corrected chi connectivity index (χ0v) is 19.4. The molecule has 2 amide bonds. The van der Waals surface area contributed by atoms with Crippen molar-refractivity contribution in [3.63, 3.8) is 0 Å². The van der Waals surface area contributed by atoms with Crippen LogP contribution < -0.4 is 10.0 Å². The van der Waals surface area contributed by atoms with Crippen molar-refractivity contribution in [3.05, 3.63) is 59.2 Å². The number of hydrogen-bond acceptors (Lipinski definition) is 5. The summed E-state index contributed by atoms with van der Waals surface area (Å²) in [7, 11) is -2.28. The quantitative estimate of drug-likeness (QED) is 0.631. The summed E-state index contributed by atoms with van der Waals surface area (Å²) >= 11 is 0. The highest BCUT2D eigenvalue weighted by Crippen LogP contribution is 2.17. The van der Waals surface area contributed by atoms with Gasteiger partial charge in [0.1, 0.15) is 0 Å². The summed E-state index contributed by atoms with van der Waals surface area (Å²) in [4.78, 5) is 26.5. The van der Waals surface area contributed by atoms with Crippen molar-refractivity contribution in [1.82, 2.24) is 9.62 Å². The van der Waals surface area contributed by atoms with Gasteiger partial charge >= 0.3 is 0 Å². The summed E-state index contributed by atoms with van der Waals surface area (Å²) in [5.74, 6) is -0.783. The molecule has 2 aromatic rings. The molecule has 0 spiro atoms. The van der Waals surface area contributed by atoms with Crippen LogP contribution in [-0.2, 0) is 19.6 Å². The zero-order valence-electron chi connectivity index (χ0n) is 18.6. The Bertz CT molecular complexity index is 1090. The molecule has 2 aromatic carbocycles. The minimum atomic E-state index is -3.78. The third-order valence-electron chi connectivity index (χ3n) is 5.31. The summed E-state index contributed by atoms with van der Waals surface area (Å²) < 4.78 is 33.2. The van der Waals surface area contributed by atoms with Gasteiger partial charge in [-0.15, -0.1) is 0 Å². The Morgan fingerprint density at radius 1 is 1.16 bits per heavy atom. The molecule has 0 unspecified atom stereocenters. The fourth-order valence-electron chi connectivity index (χ4n) is 3.46. The second-order valence-electron chi connectivity index (χ2n) is 8.04. The van der Waals surface area contributed by atoms with Gasteiger partial charge in [-0.1, -0.05) is 18.2 Å². The van der Waals surface area contributed by atoms with E-state index < -0.39 is 15.9 Å². The van der Waals surface area contributed by atoms with E-state index in [4.69, 9.17) is 4.74 Å². The van der Waals surface area contributed by atoms with Crippen molar-refractivity contribution in [3.8, 4) is 0 Å². The summed E-state index contributed by atoms with van der Waals surface area (Å²) in [6.45, 7) is 4.49. The van der Waals surface area contributed by atoms with Crippen LogP contribution in [0.25, 0.3) is 0 Å². The van der Waals surface area contributed by atoms with E-state index in [1.54, 1.807) is 0 Å². The molecule has 3 rings (SSSR count). The SMILES string of the molecule is Cc1ccc(C)c(NC(=O)CN(C)C(=O)c2cccc(S(=O)(=O)NC[C@@H]3CCCO3)c2)c1. The second-order valence-corrected chi connectivity index (χ2v) is 9.81. The van der Waals surface area contributed by atoms with Crippen molar-refractivity contribution in [1.29, 1.82) is 0 Å². The maximum absolute atomic E-state index is 12.8. The van der Waals surface area contributed by atoms with Crippen molar-refractivity contribution in [2.75, 3.05) is 32.1 Å². The third kappa shape index (κ3) is 6.15. The molecule has 9 heteroatoms. The number of anilines is 1. The van der Waals surface area contributed by atoms with Gasteiger partial charge in [0.2, 0.25) is 15.9 Å². The fourth-order valence-corrected chi connectivity index (χ4v) is 4.57. The molecule has 1 fully saturated rings. The number of likely N-dealkylation sites (N-methyl/N-ethyl adjacent to an activating group) is 1. The molecule has 1 heterocycles. The number of benzene rings is 2. The molecule has 172 valence electrons. The summed E-state index contributed by atoms with van der Waals surface area (Å²) in [6.07, 6.45) is 1.60. The van der Waals surface area contributed by atoms with Gasteiger partial charge in [0.05, 0.1) is 17.5 Å². The Balaban J connectivity index is 1.63. The molecule has 0 aromatic heterocycles. The molecule has 32 heavy (non-hydrogen) atoms. The minimum absolute atomic E-state index is 0.00501. The van der Waals surface area contributed by atoms with E-state index in [9.17, 15) is 18.0 Å². The Hall–Kier alpha value is -2.75. The van der Waals surface area contributed by atoms with E-state index in [0.717, 1.165) is 24.0 Å². The maximum atomic E-state index is 12.8. The van der Waals surface area contributed by atoms with Crippen molar-refractivity contribution in [2.45, 2.75) is 37.7 Å². The first-order chi connectivity index (χ1) is 15.2. The number of aryl methyl sites for hydroxylation is 2. The number of ether oxygens (including phenoxy) is 1. The van der Waals surface area contributed by atoms with Gasteiger partial charge in [0.15, 0.2) is 0 Å². The van der Waals surface area contributed by atoms with Crippen LogP contribution in [0.5, 0.6) is 0 Å². The first-order valence-corrected chi connectivity index (χ1v) is 12.0. The van der Waals surface area contributed by atoms with E-state index >= 15 is 0 Å². The highest BCUT2D eigenvalue weighted by Gasteiger charge is 2.22. The van der Waals surface area contributed by atoms with Gasteiger partial charge in [0, 0.05) is 31.5 Å². The minimum Gasteiger partial charge on any atom is -0.377 e. The molecule has 0 saturated carbocycles. The first-order valence-electron chi connectivity index (χ1n) is 10.5. The van der Waals surface area contributed by atoms with Crippen LogP contribution >= 0.6 is 0 Å². The van der Waals surface area contributed by atoms with E-state index in [-0.39, 0.29) is 35.6 Å². The molecule has 8 nitrogen and oxygen atoms in total. The lowest BCUT2D eigenvalue weighted by atomic mass is 10.1. The van der Waals surface area contributed by atoms with Crippen molar-refractivity contribution in [2.24, 2.45) is 0 Å². The molecule has 0 radical (unpaired) electrons. The van der Waals surface area contributed by atoms with Crippen LogP contribution in [0.3, 0.4) is 0 Å². The summed E-state index contributed by atoms with van der Waals surface area (Å²) in [6, 6.07) is 11.5. The van der Waals surface area contributed by atoms with Crippen LogP contribution in [-0.4, -0.2) is 58.0 Å². The lowest BCUT2D eigenvalue weighted by Crippen LogP contribution is -2.35. The fraction of sp³-hybridized carbons (Fsp3) is 0.391. The highest BCUT2D eigenvalue weighted by molar-refractivity contribution is 7.89. The van der Waals surface area contributed by atoms with E-state index in [1.807, 2.05) is 32.0 Å². The van der Waals surface area contributed by atoms with Crippen LogP contribution in [0.15, 0.2) is 47.4 Å². The van der Waals surface area contributed by atoms with E-state index in [2.05, 4.69) is 10.0 Å². The number of hydrogen-bond donors (Lipinski definition) is 2. The maximum Gasteiger partial charge on any atom is 0.254 e.